The van der Waals surface area contributed by atoms with Crippen LogP contribution in [0.2, 0.25) is 5.02 Å². The van der Waals surface area contributed by atoms with Crippen LogP contribution in [0.3, 0.4) is 0 Å². The van der Waals surface area contributed by atoms with Crippen LogP contribution in [-0.2, 0) is 6.18 Å². The number of alkyl halides is 3. The van der Waals surface area contributed by atoms with Crippen LogP contribution in [0.4, 0.5) is 24.5 Å². The first kappa shape index (κ1) is 22.3. The second-order valence-corrected chi connectivity index (χ2v) is 7.19. The zero-order valence-electron chi connectivity index (χ0n) is 15.9. The van der Waals surface area contributed by atoms with Crippen molar-refractivity contribution in [3.05, 3.63) is 105 Å². The Morgan fingerprint density at radius 3 is 2.06 bits per heavy atom. The average Bonchev–Trinajstić information content (AvgIpc) is 2.73. The van der Waals surface area contributed by atoms with Gasteiger partial charge in [-0.1, -0.05) is 23.7 Å². The van der Waals surface area contributed by atoms with Crippen molar-refractivity contribution >= 4 is 28.8 Å². The second kappa shape index (κ2) is 9.18. The highest BCUT2D eigenvalue weighted by Gasteiger charge is 2.30. The average molecular weight is 449 g/mol. The first-order valence-corrected chi connectivity index (χ1v) is 9.48. The normalized spacial score (nSPS) is 12.3. The molecule has 3 aromatic carbocycles. The van der Waals surface area contributed by atoms with Gasteiger partial charge in [0.1, 0.15) is 0 Å². The van der Waals surface area contributed by atoms with E-state index in [1.54, 1.807) is 24.3 Å². The van der Waals surface area contributed by atoms with Gasteiger partial charge in [0.05, 0.1) is 16.5 Å². The van der Waals surface area contributed by atoms with Crippen molar-refractivity contribution in [3.8, 4) is 0 Å². The summed E-state index contributed by atoms with van der Waals surface area (Å²) in [5.74, 6) is -0.240. The molecule has 3 rings (SSSR count). The third kappa shape index (κ3) is 5.82. The Labute approximate surface area is 180 Å². The fourth-order valence-electron chi connectivity index (χ4n) is 2.98. The monoisotopic (exact) mass is 448 g/mol. The SMILES string of the molecule is O=C(CC(Nc1ccc([N+](=O)[O-])cc1)c1ccc(C(F)(F)F)cc1)c1ccc(Cl)cc1. The van der Waals surface area contributed by atoms with Gasteiger partial charge < -0.3 is 5.32 Å². The number of hydrogen-bond donors (Lipinski definition) is 1. The summed E-state index contributed by atoms with van der Waals surface area (Å²) in [6.07, 6.45) is -4.52. The van der Waals surface area contributed by atoms with Gasteiger partial charge in [-0.3, -0.25) is 14.9 Å². The summed E-state index contributed by atoms with van der Waals surface area (Å²) in [7, 11) is 0. The molecule has 9 heteroatoms. The smallest absolute Gasteiger partial charge is 0.378 e. The first-order chi connectivity index (χ1) is 14.6. The topological polar surface area (TPSA) is 72.2 Å². The standard InChI is InChI=1S/C22H16ClF3N2O3/c23-17-7-3-15(4-8-17)21(29)13-20(14-1-5-16(6-2-14)22(24,25)26)27-18-9-11-19(12-10-18)28(30)31/h1-12,20,27H,13H2. The van der Waals surface area contributed by atoms with Crippen LogP contribution >= 0.6 is 11.6 Å². The minimum absolute atomic E-state index is 0.0516. The van der Waals surface area contributed by atoms with E-state index >= 15 is 0 Å². The van der Waals surface area contributed by atoms with Crippen molar-refractivity contribution in [2.75, 3.05) is 5.32 Å². The predicted octanol–water partition coefficient (Wildman–Crippen LogP) is 6.69. The Hall–Kier alpha value is -3.39. The number of Topliss-reactive ketones (excluding diaryl/α,β-unsaturated/α-hetero) is 1. The summed E-state index contributed by atoms with van der Waals surface area (Å²) >= 11 is 5.85. The van der Waals surface area contributed by atoms with Crippen LogP contribution in [0, 0.1) is 10.1 Å². The highest BCUT2D eigenvalue weighted by molar-refractivity contribution is 6.30. The molecule has 0 saturated heterocycles. The molecule has 0 aliphatic heterocycles. The summed E-state index contributed by atoms with van der Waals surface area (Å²) in [4.78, 5) is 23.0. The van der Waals surface area contributed by atoms with Crippen LogP contribution in [0.1, 0.15) is 33.9 Å². The number of rotatable bonds is 7. The molecule has 160 valence electrons. The molecule has 0 amide bonds. The van der Waals surface area contributed by atoms with Gasteiger partial charge in [0.25, 0.3) is 5.69 Å². The van der Waals surface area contributed by atoms with E-state index in [9.17, 15) is 28.1 Å². The predicted molar refractivity (Wildman–Crippen MR) is 111 cm³/mol. The quantitative estimate of drug-likeness (QED) is 0.248. The Morgan fingerprint density at radius 2 is 1.55 bits per heavy atom. The number of nitro groups is 1. The maximum absolute atomic E-state index is 12.9. The van der Waals surface area contributed by atoms with E-state index in [0.717, 1.165) is 12.1 Å². The molecule has 0 aliphatic rings. The van der Waals surface area contributed by atoms with Crippen molar-refractivity contribution in [1.82, 2.24) is 0 Å². The summed E-state index contributed by atoms with van der Waals surface area (Å²) in [6.45, 7) is 0. The number of anilines is 1. The molecule has 0 bridgehead atoms. The van der Waals surface area contributed by atoms with Gasteiger partial charge >= 0.3 is 6.18 Å². The molecule has 31 heavy (non-hydrogen) atoms. The van der Waals surface area contributed by atoms with Crippen LogP contribution in [0.15, 0.2) is 72.8 Å². The largest absolute Gasteiger partial charge is 0.416 e. The van der Waals surface area contributed by atoms with Gasteiger partial charge in [0, 0.05) is 34.8 Å². The van der Waals surface area contributed by atoms with Crippen molar-refractivity contribution in [2.24, 2.45) is 0 Å². The lowest BCUT2D eigenvalue weighted by Crippen LogP contribution is -2.16. The summed E-state index contributed by atoms with van der Waals surface area (Å²) in [5.41, 5.74) is 0.461. The van der Waals surface area contributed by atoms with Gasteiger partial charge in [0.15, 0.2) is 5.78 Å². The van der Waals surface area contributed by atoms with Gasteiger partial charge in [-0.2, -0.15) is 13.2 Å². The lowest BCUT2D eigenvalue weighted by atomic mass is 9.96. The number of ketones is 1. The third-order valence-electron chi connectivity index (χ3n) is 4.62. The van der Waals surface area contributed by atoms with Gasteiger partial charge in [0.2, 0.25) is 0 Å². The lowest BCUT2D eigenvalue weighted by Gasteiger charge is -2.21. The van der Waals surface area contributed by atoms with Crippen LogP contribution in [0.5, 0.6) is 0 Å². The maximum atomic E-state index is 12.9. The van der Waals surface area contributed by atoms with Crippen LogP contribution in [-0.4, -0.2) is 10.7 Å². The molecule has 0 radical (unpaired) electrons. The number of halogens is 4. The summed E-state index contributed by atoms with van der Waals surface area (Å²) in [6, 6.07) is 15.7. The molecule has 0 heterocycles. The lowest BCUT2D eigenvalue weighted by molar-refractivity contribution is -0.384. The molecule has 3 aromatic rings. The third-order valence-corrected chi connectivity index (χ3v) is 4.87. The molecule has 0 spiro atoms. The van der Waals surface area contributed by atoms with Crippen molar-refractivity contribution in [3.63, 3.8) is 0 Å². The molecular formula is C22H16ClF3N2O3. The number of non-ortho nitro benzene ring substituents is 1. The molecule has 0 aliphatic carbocycles. The van der Waals surface area contributed by atoms with Gasteiger partial charge in [-0.25, -0.2) is 0 Å². The molecule has 5 nitrogen and oxygen atoms in total. The fourth-order valence-corrected chi connectivity index (χ4v) is 3.10. The van der Waals surface area contributed by atoms with E-state index in [4.69, 9.17) is 11.6 Å². The van der Waals surface area contributed by atoms with Crippen molar-refractivity contribution in [2.45, 2.75) is 18.6 Å². The van der Waals surface area contributed by atoms with Gasteiger partial charge in [-0.05, 0) is 54.1 Å². The van der Waals surface area contributed by atoms with E-state index in [2.05, 4.69) is 5.32 Å². The van der Waals surface area contributed by atoms with Crippen molar-refractivity contribution < 1.29 is 22.9 Å². The maximum Gasteiger partial charge on any atom is 0.416 e. The molecule has 0 aromatic heterocycles. The minimum atomic E-state index is -4.47. The Bertz CT molecular complexity index is 1070. The Morgan fingerprint density at radius 1 is 0.968 bits per heavy atom. The molecular weight excluding hydrogens is 433 g/mol. The highest BCUT2D eigenvalue weighted by Crippen LogP contribution is 2.32. The summed E-state index contributed by atoms with van der Waals surface area (Å²) < 4.78 is 38.7. The minimum Gasteiger partial charge on any atom is -0.378 e. The fraction of sp³-hybridized carbons (Fsp3) is 0.136. The Kier molecular flexibility index (Phi) is 6.60. The number of nitrogens with zero attached hydrogens (tertiary/aromatic N) is 1. The molecule has 0 fully saturated rings. The Balaban J connectivity index is 1.88. The van der Waals surface area contributed by atoms with E-state index in [1.165, 1.54) is 36.4 Å². The number of nitrogens with one attached hydrogen (secondary N) is 1. The van der Waals surface area contributed by atoms with E-state index in [1.807, 2.05) is 0 Å². The molecule has 0 saturated carbocycles. The zero-order valence-corrected chi connectivity index (χ0v) is 16.7. The zero-order chi connectivity index (χ0) is 22.6. The van der Waals surface area contributed by atoms with Crippen LogP contribution in [0.25, 0.3) is 0 Å². The number of benzene rings is 3. The number of hydrogen-bond acceptors (Lipinski definition) is 4. The first-order valence-electron chi connectivity index (χ1n) is 9.10. The number of nitro benzene ring substituents is 1. The number of carbonyl (C=O) groups excluding carboxylic acids is 1. The van der Waals surface area contributed by atoms with Crippen molar-refractivity contribution in [1.29, 1.82) is 0 Å². The second-order valence-electron chi connectivity index (χ2n) is 6.75. The van der Waals surface area contributed by atoms with Gasteiger partial charge in [-0.15, -0.1) is 0 Å². The highest BCUT2D eigenvalue weighted by atomic mass is 35.5. The summed E-state index contributed by atoms with van der Waals surface area (Å²) in [5, 5.41) is 14.4. The molecule has 1 N–H and O–H groups in total. The van der Waals surface area contributed by atoms with E-state index < -0.39 is 22.7 Å². The number of carbonyl (C=O) groups is 1. The van der Waals surface area contributed by atoms with Crippen LogP contribution < -0.4 is 5.32 Å². The van der Waals surface area contributed by atoms with E-state index in [0.29, 0.717) is 21.8 Å². The van der Waals surface area contributed by atoms with E-state index in [-0.39, 0.29) is 17.9 Å². The molecule has 1 atom stereocenters. The molecule has 1 unspecified atom stereocenters.